The monoisotopic (exact) mass is 188 g/mol. The summed E-state index contributed by atoms with van der Waals surface area (Å²) in [4.78, 5) is 11.9. The molecule has 0 radical (unpaired) electrons. The first-order chi connectivity index (χ1) is 6.48. The number of benzene rings is 1. The first-order valence-electron chi connectivity index (χ1n) is 5.11. The molecule has 0 aromatic heterocycles. The minimum atomic E-state index is 0.138. The predicted molar refractivity (Wildman–Crippen MR) is 57.6 cm³/mol. The molecule has 0 N–H and O–H groups in total. The molecule has 14 heavy (non-hydrogen) atoms. The average molecular weight is 188 g/mol. The second-order valence-corrected chi connectivity index (χ2v) is 5.10. The summed E-state index contributed by atoms with van der Waals surface area (Å²) in [7, 11) is 0. The summed E-state index contributed by atoms with van der Waals surface area (Å²) in [6.07, 6.45) is 1.71. The number of hydrogen-bond acceptors (Lipinski definition) is 1. The molecule has 0 spiro atoms. The minimum absolute atomic E-state index is 0.138. The molecule has 0 amide bonds. The van der Waals surface area contributed by atoms with E-state index in [4.69, 9.17) is 0 Å². The first kappa shape index (κ1) is 9.45. The molecule has 1 aromatic carbocycles. The van der Waals surface area contributed by atoms with Crippen LogP contribution in [0.2, 0.25) is 0 Å². The van der Waals surface area contributed by atoms with E-state index in [-0.39, 0.29) is 5.41 Å². The fourth-order valence-corrected chi connectivity index (χ4v) is 2.21. The summed E-state index contributed by atoms with van der Waals surface area (Å²) in [5, 5.41) is 0. The van der Waals surface area contributed by atoms with Crippen molar-refractivity contribution in [2.24, 2.45) is 5.41 Å². The van der Waals surface area contributed by atoms with Gasteiger partial charge >= 0.3 is 0 Å². The van der Waals surface area contributed by atoms with Crippen LogP contribution in [-0.4, -0.2) is 5.78 Å². The third kappa shape index (κ3) is 1.59. The Balaban J connectivity index is 2.50. The summed E-state index contributed by atoms with van der Waals surface area (Å²) in [5.41, 5.74) is 3.48. The number of carbonyl (C=O) groups is 1. The van der Waals surface area contributed by atoms with Gasteiger partial charge in [0.15, 0.2) is 5.78 Å². The lowest BCUT2D eigenvalue weighted by molar-refractivity contribution is 0.0912. The van der Waals surface area contributed by atoms with Crippen LogP contribution in [0.15, 0.2) is 18.2 Å². The Hall–Kier alpha value is -1.11. The molecular weight excluding hydrogens is 172 g/mol. The van der Waals surface area contributed by atoms with Crippen molar-refractivity contribution in [1.29, 1.82) is 0 Å². The summed E-state index contributed by atoms with van der Waals surface area (Å²) in [5.74, 6) is 0.306. The number of aryl methyl sites for hydroxylation is 1. The van der Waals surface area contributed by atoms with Gasteiger partial charge in [0.1, 0.15) is 0 Å². The third-order valence-electron chi connectivity index (χ3n) is 2.87. The van der Waals surface area contributed by atoms with Crippen molar-refractivity contribution in [3.63, 3.8) is 0 Å². The molecule has 2 rings (SSSR count). The highest BCUT2D eigenvalue weighted by atomic mass is 16.1. The number of Topliss-reactive ketones (excluding diaryl/α,β-unsaturated/α-hetero) is 1. The number of rotatable bonds is 0. The summed E-state index contributed by atoms with van der Waals surface area (Å²) in [6.45, 7) is 6.36. The van der Waals surface area contributed by atoms with Crippen LogP contribution in [-0.2, 0) is 6.42 Å². The molecule has 1 aromatic rings. The molecule has 0 unspecified atom stereocenters. The second-order valence-electron chi connectivity index (χ2n) is 5.10. The lowest BCUT2D eigenvalue weighted by Crippen LogP contribution is -2.26. The normalized spacial score (nSPS) is 19.2. The van der Waals surface area contributed by atoms with Gasteiger partial charge in [-0.3, -0.25) is 4.79 Å². The summed E-state index contributed by atoms with van der Waals surface area (Å²) >= 11 is 0. The first-order valence-corrected chi connectivity index (χ1v) is 5.11. The zero-order valence-electron chi connectivity index (χ0n) is 9.05. The molecular formula is C13H16O. The quantitative estimate of drug-likeness (QED) is 0.611. The van der Waals surface area contributed by atoms with Crippen LogP contribution in [0.4, 0.5) is 0 Å². The molecule has 0 bridgehead atoms. The summed E-state index contributed by atoms with van der Waals surface area (Å²) < 4.78 is 0. The summed E-state index contributed by atoms with van der Waals surface area (Å²) in [6, 6.07) is 6.21. The Morgan fingerprint density at radius 2 is 1.93 bits per heavy atom. The van der Waals surface area contributed by atoms with Crippen LogP contribution in [0.1, 0.15) is 41.8 Å². The van der Waals surface area contributed by atoms with Gasteiger partial charge in [0, 0.05) is 12.0 Å². The van der Waals surface area contributed by atoms with Gasteiger partial charge in [0.05, 0.1) is 0 Å². The molecule has 1 aliphatic rings. The number of ketones is 1. The topological polar surface area (TPSA) is 17.1 Å². The largest absolute Gasteiger partial charge is 0.294 e. The van der Waals surface area contributed by atoms with E-state index in [0.29, 0.717) is 12.2 Å². The Morgan fingerprint density at radius 3 is 2.64 bits per heavy atom. The molecule has 1 nitrogen and oxygen atoms in total. The highest BCUT2D eigenvalue weighted by molar-refractivity contribution is 5.99. The number of hydrogen-bond donors (Lipinski definition) is 0. The van der Waals surface area contributed by atoms with Crippen LogP contribution >= 0.6 is 0 Å². The van der Waals surface area contributed by atoms with Gasteiger partial charge in [-0.05, 0) is 30.4 Å². The average Bonchev–Trinajstić information content (AvgIpc) is 2.05. The van der Waals surface area contributed by atoms with Gasteiger partial charge in [0.25, 0.3) is 0 Å². The smallest absolute Gasteiger partial charge is 0.163 e. The standard InChI is InChI=1S/C13H16O/c1-9-4-5-10-7-13(2,3)8-12(14)11(10)6-9/h4-6H,7-8H2,1-3H3. The van der Waals surface area contributed by atoms with Crippen molar-refractivity contribution >= 4 is 5.78 Å². The van der Waals surface area contributed by atoms with Crippen LogP contribution in [0.3, 0.4) is 0 Å². The van der Waals surface area contributed by atoms with Gasteiger partial charge in [0.2, 0.25) is 0 Å². The zero-order chi connectivity index (χ0) is 10.3. The maximum Gasteiger partial charge on any atom is 0.163 e. The molecule has 1 heteroatoms. The van der Waals surface area contributed by atoms with Crippen molar-refractivity contribution in [3.8, 4) is 0 Å². The molecule has 74 valence electrons. The molecule has 0 saturated heterocycles. The van der Waals surface area contributed by atoms with Gasteiger partial charge in [-0.15, -0.1) is 0 Å². The van der Waals surface area contributed by atoms with Crippen LogP contribution in [0.25, 0.3) is 0 Å². The minimum Gasteiger partial charge on any atom is -0.294 e. The number of fused-ring (bicyclic) bond motifs is 1. The van der Waals surface area contributed by atoms with E-state index in [0.717, 1.165) is 12.0 Å². The van der Waals surface area contributed by atoms with E-state index in [1.807, 2.05) is 13.0 Å². The van der Waals surface area contributed by atoms with Crippen molar-refractivity contribution in [2.75, 3.05) is 0 Å². The maximum atomic E-state index is 11.9. The van der Waals surface area contributed by atoms with E-state index >= 15 is 0 Å². The highest BCUT2D eigenvalue weighted by Crippen LogP contribution is 2.34. The van der Waals surface area contributed by atoms with E-state index in [1.165, 1.54) is 11.1 Å². The molecule has 0 fully saturated rings. The molecule has 0 heterocycles. The Morgan fingerprint density at radius 1 is 1.21 bits per heavy atom. The molecule has 0 aliphatic heterocycles. The molecule has 1 aliphatic carbocycles. The predicted octanol–water partition coefficient (Wildman–Crippen LogP) is 3.15. The molecule has 0 saturated carbocycles. The maximum absolute atomic E-state index is 11.9. The number of carbonyl (C=O) groups excluding carboxylic acids is 1. The SMILES string of the molecule is Cc1ccc2c(c1)C(=O)CC(C)(C)C2. The third-order valence-corrected chi connectivity index (χ3v) is 2.87. The second kappa shape index (κ2) is 2.94. The molecule has 0 atom stereocenters. The highest BCUT2D eigenvalue weighted by Gasteiger charge is 2.30. The van der Waals surface area contributed by atoms with Crippen molar-refractivity contribution < 1.29 is 4.79 Å². The van der Waals surface area contributed by atoms with E-state index in [2.05, 4.69) is 26.0 Å². The van der Waals surface area contributed by atoms with Gasteiger partial charge in [-0.2, -0.15) is 0 Å². The fraction of sp³-hybridized carbons (Fsp3) is 0.462. The van der Waals surface area contributed by atoms with E-state index < -0.39 is 0 Å². The van der Waals surface area contributed by atoms with Gasteiger partial charge < -0.3 is 0 Å². The van der Waals surface area contributed by atoms with E-state index in [1.54, 1.807) is 0 Å². The van der Waals surface area contributed by atoms with E-state index in [9.17, 15) is 4.79 Å². The van der Waals surface area contributed by atoms with Crippen LogP contribution in [0.5, 0.6) is 0 Å². The van der Waals surface area contributed by atoms with Crippen molar-refractivity contribution in [1.82, 2.24) is 0 Å². The van der Waals surface area contributed by atoms with Crippen LogP contribution in [0, 0.1) is 12.3 Å². The van der Waals surface area contributed by atoms with Gasteiger partial charge in [-0.25, -0.2) is 0 Å². The van der Waals surface area contributed by atoms with Crippen molar-refractivity contribution in [3.05, 3.63) is 34.9 Å². The van der Waals surface area contributed by atoms with Crippen LogP contribution < -0.4 is 0 Å². The Labute approximate surface area is 85.1 Å². The fourth-order valence-electron chi connectivity index (χ4n) is 2.21. The lowest BCUT2D eigenvalue weighted by Gasteiger charge is -2.30. The lowest BCUT2D eigenvalue weighted by atomic mass is 9.73. The van der Waals surface area contributed by atoms with Gasteiger partial charge in [-0.1, -0.05) is 31.5 Å². The zero-order valence-corrected chi connectivity index (χ0v) is 9.05. The Bertz CT molecular complexity index is 388. The van der Waals surface area contributed by atoms with Crippen molar-refractivity contribution in [2.45, 2.75) is 33.6 Å². The Kier molecular flexibility index (Phi) is 1.99.